The summed E-state index contributed by atoms with van der Waals surface area (Å²) < 4.78 is 13.2. The average Bonchev–Trinajstić information content (AvgIpc) is 2.39. The molecule has 19 heavy (non-hydrogen) atoms. The number of benzene rings is 1. The van der Waals surface area contributed by atoms with E-state index in [9.17, 15) is 9.50 Å². The first-order valence-electron chi connectivity index (χ1n) is 6.89. The smallest absolute Gasteiger partial charge is 0.123 e. The average molecular weight is 266 g/mol. The number of halogens is 1. The summed E-state index contributed by atoms with van der Waals surface area (Å²) in [6.07, 6.45) is 2.31. The molecule has 0 amide bonds. The predicted molar refractivity (Wildman–Crippen MR) is 75.8 cm³/mol. The normalized spacial score (nSPS) is 17.2. The van der Waals surface area contributed by atoms with Crippen molar-refractivity contribution in [1.82, 2.24) is 4.90 Å². The monoisotopic (exact) mass is 266 g/mol. The van der Waals surface area contributed by atoms with Crippen molar-refractivity contribution < 1.29 is 9.50 Å². The Morgan fingerprint density at radius 3 is 2.58 bits per heavy atom. The summed E-state index contributed by atoms with van der Waals surface area (Å²) in [6, 6.07) is 4.69. The molecule has 1 aromatic carbocycles. The topological polar surface area (TPSA) is 26.7 Å². The van der Waals surface area contributed by atoms with Crippen molar-refractivity contribution >= 4 is 5.69 Å². The van der Waals surface area contributed by atoms with Crippen molar-refractivity contribution in [3.63, 3.8) is 0 Å². The maximum Gasteiger partial charge on any atom is 0.123 e. The summed E-state index contributed by atoms with van der Waals surface area (Å²) in [6.45, 7) is 2.99. The van der Waals surface area contributed by atoms with E-state index in [4.69, 9.17) is 0 Å². The second-order valence-corrected chi connectivity index (χ2v) is 5.62. The van der Waals surface area contributed by atoms with Gasteiger partial charge < -0.3 is 14.9 Å². The van der Waals surface area contributed by atoms with E-state index < -0.39 is 0 Å². The molecule has 1 saturated heterocycles. The van der Waals surface area contributed by atoms with Gasteiger partial charge in [-0.2, -0.15) is 0 Å². The summed E-state index contributed by atoms with van der Waals surface area (Å²) >= 11 is 0. The first-order valence-corrected chi connectivity index (χ1v) is 6.89. The summed E-state index contributed by atoms with van der Waals surface area (Å²) in [5, 5.41) is 9.34. The predicted octanol–water partition coefficient (Wildman–Crippen LogP) is 2.10. The Kier molecular flexibility index (Phi) is 4.77. The van der Waals surface area contributed by atoms with Crippen LogP contribution in [0.2, 0.25) is 0 Å². The minimum atomic E-state index is -0.282. The third-order valence-corrected chi connectivity index (χ3v) is 3.79. The molecule has 0 atom stereocenters. The molecule has 0 saturated carbocycles. The number of aliphatic hydroxyl groups is 1. The third kappa shape index (κ3) is 3.67. The van der Waals surface area contributed by atoms with E-state index in [1.165, 1.54) is 12.1 Å². The number of hydrogen-bond donors (Lipinski definition) is 1. The van der Waals surface area contributed by atoms with Gasteiger partial charge in [0.25, 0.3) is 0 Å². The van der Waals surface area contributed by atoms with Crippen LogP contribution in [-0.4, -0.2) is 43.7 Å². The number of nitrogens with zero attached hydrogens (tertiary/aromatic N) is 2. The molecule has 0 bridgehead atoms. The highest BCUT2D eigenvalue weighted by atomic mass is 19.1. The number of piperidine rings is 1. The van der Waals surface area contributed by atoms with E-state index in [2.05, 4.69) is 23.9 Å². The van der Waals surface area contributed by atoms with Crippen LogP contribution in [0.25, 0.3) is 0 Å². The summed E-state index contributed by atoms with van der Waals surface area (Å²) in [5.41, 5.74) is 1.67. The van der Waals surface area contributed by atoms with E-state index >= 15 is 0 Å². The fraction of sp³-hybridized carbons (Fsp3) is 0.600. The van der Waals surface area contributed by atoms with Gasteiger partial charge >= 0.3 is 0 Å². The van der Waals surface area contributed by atoms with Gasteiger partial charge in [0, 0.05) is 30.9 Å². The Morgan fingerprint density at radius 1 is 1.32 bits per heavy atom. The van der Waals surface area contributed by atoms with Crippen LogP contribution in [0.3, 0.4) is 0 Å². The molecule has 1 aromatic rings. The molecule has 1 aliphatic heterocycles. The molecule has 1 heterocycles. The molecular formula is C15H23FN2O. The first kappa shape index (κ1) is 14.3. The molecule has 0 radical (unpaired) electrons. The largest absolute Gasteiger partial charge is 0.392 e. The number of anilines is 1. The highest BCUT2D eigenvalue weighted by molar-refractivity contribution is 5.53. The SMILES string of the molecule is CN(C)CC1CCN(c2ccc(F)cc2CO)CC1. The van der Waals surface area contributed by atoms with Crippen LogP contribution in [0.4, 0.5) is 10.1 Å². The van der Waals surface area contributed by atoms with Crippen molar-refractivity contribution in [2.24, 2.45) is 5.92 Å². The fourth-order valence-corrected chi connectivity index (χ4v) is 2.86. The van der Waals surface area contributed by atoms with Crippen LogP contribution >= 0.6 is 0 Å². The van der Waals surface area contributed by atoms with E-state index in [0.717, 1.165) is 44.1 Å². The fourth-order valence-electron chi connectivity index (χ4n) is 2.86. The van der Waals surface area contributed by atoms with Crippen molar-refractivity contribution in [3.8, 4) is 0 Å². The quantitative estimate of drug-likeness (QED) is 0.904. The van der Waals surface area contributed by atoms with Gasteiger partial charge in [0.1, 0.15) is 5.82 Å². The molecule has 2 rings (SSSR count). The van der Waals surface area contributed by atoms with Gasteiger partial charge in [-0.25, -0.2) is 4.39 Å². The number of hydrogen-bond acceptors (Lipinski definition) is 3. The van der Waals surface area contributed by atoms with Gasteiger partial charge in [-0.05, 0) is 51.1 Å². The third-order valence-electron chi connectivity index (χ3n) is 3.79. The highest BCUT2D eigenvalue weighted by Gasteiger charge is 2.21. The van der Waals surface area contributed by atoms with Crippen molar-refractivity contribution in [3.05, 3.63) is 29.6 Å². The molecule has 106 valence electrons. The molecule has 3 nitrogen and oxygen atoms in total. The molecule has 4 heteroatoms. The van der Waals surface area contributed by atoms with Gasteiger partial charge in [0.05, 0.1) is 6.61 Å². The van der Waals surface area contributed by atoms with Crippen molar-refractivity contribution in [2.45, 2.75) is 19.4 Å². The Labute approximate surface area is 114 Å². The minimum Gasteiger partial charge on any atom is -0.392 e. The van der Waals surface area contributed by atoms with Gasteiger partial charge in [-0.1, -0.05) is 0 Å². The van der Waals surface area contributed by atoms with E-state index in [-0.39, 0.29) is 12.4 Å². The van der Waals surface area contributed by atoms with Gasteiger partial charge in [0.15, 0.2) is 0 Å². The molecule has 0 aromatic heterocycles. The maximum absolute atomic E-state index is 13.2. The molecule has 1 fully saturated rings. The molecule has 1 N–H and O–H groups in total. The number of aliphatic hydroxyl groups excluding tert-OH is 1. The first-order chi connectivity index (χ1) is 9.10. The molecule has 0 aliphatic carbocycles. The lowest BCUT2D eigenvalue weighted by Crippen LogP contribution is -2.37. The van der Waals surface area contributed by atoms with E-state index in [1.54, 1.807) is 6.07 Å². The maximum atomic E-state index is 13.2. The molecule has 0 unspecified atom stereocenters. The van der Waals surface area contributed by atoms with Crippen molar-refractivity contribution in [2.75, 3.05) is 38.6 Å². The van der Waals surface area contributed by atoms with Crippen molar-refractivity contribution in [1.29, 1.82) is 0 Å². The Morgan fingerprint density at radius 2 is 2.00 bits per heavy atom. The number of rotatable bonds is 4. The Bertz CT molecular complexity index is 415. The standard InChI is InChI=1S/C15H23FN2O/c1-17(2)10-12-5-7-18(8-6-12)15-4-3-14(16)9-13(15)11-19/h3-4,9,12,19H,5-8,10-11H2,1-2H3. The second-order valence-electron chi connectivity index (χ2n) is 5.62. The lowest BCUT2D eigenvalue weighted by molar-refractivity contribution is 0.277. The molecular weight excluding hydrogens is 243 g/mol. The van der Waals surface area contributed by atoms with Crippen LogP contribution < -0.4 is 4.90 Å². The van der Waals surface area contributed by atoms with Gasteiger partial charge in [-0.3, -0.25) is 0 Å². The highest BCUT2D eigenvalue weighted by Crippen LogP contribution is 2.27. The van der Waals surface area contributed by atoms with E-state index in [1.807, 2.05) is 0 Å². The zero-order chi connectivity index (χ0) is 13.8. The summed E-state index contributed by atoms with van der Waals surface area (Å²) in [7, 11) is 4.21. The lowest BCUT2D eigenvalue weighted by atomic mass is 9.95. The van der Waals surface area contributed by atoms with Crippen LogP contribution in [0.5, 0.6) is 0 Å². The second kappa shape index (κ2) is 6.35. The van der Waals surface area contributed by atoms with Gasteiger partial charge in [0.2, 0.25) is 0 Å². The lowest BCUT2D eigenvalue weighted by Gasteiger charge is -2.35. The summed E-state index contributed by atoms with van der Waals surface area (Å²) in [4.78, 5) is 4.49. The van der Waals surface area contributed by atoms with Crippen LogP contribution in [0.1, 0.15) is 18.4 Å². The van der Waals surface area contributed by atoms with Crippen LogP contribution in [0, 0.1) is 11.7 Å². The van der Waals surface area contributed by atoms with Gasteiger partial charge in [-0.15, -0.1) is 0 Å². The summed E-state index contributed by atoms with van der Waals surface area (Å²) in [5.74, 6) is 0.458. The zero-order valence-corrected chi connectivity index (χ0v) is 11.8. The van der Waals surface area contributed by atoms with Crippen LogP contribution in [-0.2, 0) is 6.61 Å². The minimum absolute atomic E-state index is 0.106. The Balaban J connectivity index is 2.01. The molecule has 0 spiro atoms. The zero-order valence-electron chi connectivity index (χ0n) is 11.8. The Hall–Kier alpha value is -1.13. The molecule has 1 aliphatic rings. The van der Waals surface area contributed by atoms with Crippen LogP contribution in [0.15, 0.2) is 18.2 Å². The van der Waals surface area contributed by atoms with E-state index in [0.29, 0.717) is 5.56 Å².